The Balaban J connectivity index is 1.89. The molecule has 3 aromatic carbocycles. The van der Waals surface area contributed by atoms with Crippen LogP contribution in [0.25, 0.3) is 0 Å². The van der Waals surface area contributed by atoms with Crippen molar-refractivity contribution in [3.8, 4) is 5.75 Å². The molecule has 0 unspecified atom stereocenters. The van der Waals surface area contributed by atoms with E-state index in [1.165, 1.54) is 0 Å². The van der Waals surface area contributed by atoms with E-state index >= 15 is 0 Å². The van der Waals surface area contributed by atoms with Crippen molar-refractivity contribution in [2.24, 2.45) is 0 Å². The molecule has 5 nitrogen and oxygen atoms in total. The standard InChI is InChI=1S/C30H34BrClN2O3/c1-4-5-15-33-30(36)27(18-23-9-7-6-8-10-23)34(19-24-11-13-25(31)14-12-24)28(35)20-37-26-16-21(2)29(32)22(3)17-26/h6-14,16-17,27H,4-5,15,18-20H2,1-3H3,(H,33,36)/t27-/m1/s1. The zero-order chi connectivity index (χ0) is 26.8. The number of nitrogens with zero attached hydrogens (tertiary/aromatic N) is 1. The maximum absolute atomic E-state index is 13.7. The van der Waals surface area contributed by atoms with Crippen molar-refractivity contribution in [2.75, 3.05) is 13.2 Å². The maximum atomic E-state index is 13.7. The number of carbonyl (C=O) groups excluding carboxylic acids is 2. The Bertz CT molecular complexity index is 1160. The molecular weight excluding hydrogens is 552 g/mol. The summed E-state index contributed by atoms with van der Waals surface area (Å²) >= 11 is 9.76. The minimum Gasteiger partial charge on any atom is -0.484 e. The van der Waals surface area contributed by atoms with Crippen LogP contribution in [0.4, 0.5) is 0 Å². The molecule has 0 aliphatic heterocycles. The van der Waals surface area contributed by atoms with Gasteiger partial charge in [-0.2, -0.15) is 0 Å². The molecule has 1 N–H and O–H groups in total. The van der Waals surface area contributed by atoms with Crippen molar-refractivity contribution in [1.82, 2.24) is 10.2 Å². The van der Waals surface area contributed by atoms with Crippen molar-refractivity contribution >= 4 is 39.3 Å². The van der Waals surface area contributed by atoms with Crippen LogP contribution in [-0.4, -0.2) is 35.9 Å². The SMILES string of the molecule is CCCCNC(=O)[C@@H](Cc1ccccc1)N(Cc1ccc(Br)cc1)C(=O)COc1cc(C)c(Cl)c(C)c1. The minimum absolute atomic E-state index is 0.166. The number of halogens is 2. The third-order valence-electron chi connectivity index (χ3n) is 6.14. The summed E-state index contributed by atoms with van der Waals surface area (Å²) in [6.07, 6.45) is 2.25. The fourth-order valence-corrected chi connectivity index (χ4v) is 4.44. The van der Waals surface area contributed by atoms with E-state index in [4.69, 9.17) is 16.3 Å². The number of nitrogens with one attached hydrogen (secondary N) is 1. The second kappa shape index (κ2) is 14.2. The number of ether oxygens (including phenoxy) is 1. The van der Waals surface area contributed by atoms with Crippen LogP contribution in [0.1, 0.15) is 42.0 Å². The fraction of sp³-hybridized carbons (Fsp3) is 0.333. The van der Waals surface area contributed by atoms with Crippen LogP contribution in [0.5, 0.6) is 5.75 Å². The summed E-state index contributed by atoms with van der Waals surface area (Å²) in [6, 6.07) is 20.5. The van der Waals surface area contributed by atoms with E-state index < -0.39 is 6.04 Å². The monoisotopic (exact) mass is 584 g/mol. The van der Waals surface area contributed by atoms with E-state index in [-0.39, 0.29) is 25.0 Å². The van der Waals surface area contributed by atoms with E-state index in [2.05, 4.69) is 28.2 Å². The van der Waals surface area contributed by atoms with Crippen molar-refractivity contribution in [2.45, 2.75) is 52.6 Å². The molecule has 2 amide bonds. The van der Waals surface area contributed by atoms with Crippen molar-refractivity contribution in [1.29, 1.82) is 0 Å². The summed E-state index contributed by atoms with van der Waals surface area (Å²) < 4.78 is 6.86. The summed E-state index contributed by atoms with van der Waals surface area (Å²) in [7, 11) is 0. The molecule has 0 saturated heterocycles. The smallest absolute Gasteiger partial charge is 0.261 e. The predicted molar refractivity (Wildman–Crippen MR) is 153 cm³/mol. The number of carbonyl (C=O) groups is 2. The van der Waals surface area contributed by atoms with E-state index in [0.717, 1.165) is 39.6 Å². The number of hydrogen-bond acceptors (Lipinski definition) is 3. The Labute approximate surface area is 233 Å². The minimum atomic E-state index is -0.687. The van der Waals surface area contributed by atoms with E-state index in [0.29, 0.717) is 23.7 Å². The first-order valence-electron chi connectivity index (χ1n) is 12.5. The summed E-state index contributed by atoms with van der Waals surface area (Å²) in [5.74, 6) is 0.143. The van der Waals surface area contributed by atoms with Crippen molar-refractivity contribution in [3.63, 3.8) is 0 Å². The highest BCUT2D eigenvalue weighted by atomic mass is 79.9. The van der Waals surface area contributed by atoms with Crippen molar-refractivity contribution < 1.29 is 14.3 Å². The average molecular weight is 586 g/mol. The lowest BCUT2D eigenvalue weighted by Gasteiger charge is -2.31. The van der Waals surface area contributed by atoms with E-state index in [1.807, 2.05) is 80.6 Å². The molecule has 0 aliphatic carbocycles. The third-order valence-corrected chi connectivity index (χ3v) is 7.26. The van der Waals surface area contributed by atoms with Crippen LogP contribution >= 0.6 is 27.5 Å². The highest BCUT2D eigenvalue weighted by Crippen LogP contribution is 2.26. The van der Waals surface area contributed by atoms with Gasteiger partial charge in [0, 0.05) is 29.0 Å². The van der Waals surface area contributed by atoms with Gasteiger partial charge in [0.15, 0.2) is 6.61 Å². The van der Waals surface area contributed by atoms with Crippen LogP contribution in [0.2, 0.25) is 5.02 Å². The molecule has 0 fully saturated rings. The van der Waals surface area contributed by atoms with Gasteiger partial charge in [-0.05, 0) is 66.8 Å². The Morgan fingerprint density at radius 2 is 1.65 bits per heavy atom. The Kier molecular flexibility index (Phi) is 11.0. The van der Waals surface area contributed by atoms with Crippen LogP contribution in [0.3, 0.4) is 0 Å². The average Bonchev–Trinajstić information content (AvgIpc) is 2.89. The Morgan fingerprint density at radius 1 is 1.00 bits per heavy atom. The summed E-state index contributed by atoms with van der Waals surface area (Å²) in [4.78, 5) is 28.8. The van der Waals surface area contributed by atoms with E-state index in [1.54, 1.807) is 4.90 Å². The first-order chi connectivity index (χ1) is 17.8. The highest BCUT2D eigenvalue weighted by molar-refractivity contribution is 9.10. The van der Waals surface area contributed by atoms with Gasteiger partial charge in [0.2, 0.25) is 5.91 Å². The molecule has 0 spiro atoms. The fourth-order valence-electron chi connectivity index (χ4n) is 4.06. The molecular formula is C30H34BrClN2O3. The molecule has 0 aliphatic rings. The lowest BCUT2D eigenvalue weighted by molar-refractivity contribution is -0.142. The number of amides is 2. The molecule has 7 heteroatoms. The van der Waals surface area contributed by atoms with Gasteiger partial charge in [-0.1, -0.05) is 83.3 Å². The lowest BCUT2D eigenvalue weighted by Crippen LogP contribution is -2.51. The normalized spacial score (nSPS) is 11.6. The Hall–Kier alpha value is -2.83. The van der Waals surface area contributed by atoms with Gasteiger partial charge in [0.25, 0.3) is 5.91 Å². The zero-order valence-corrected chi connectivity index (χ0v) is 23.9. The summed E-state index contributed by atoms with van der Waals surface area (Å²) in [5.41, 5.74) is 3.67. The molecule has 1 atom stereocenters. The van der Waals surface area contributed by atoms with Crippen molar-refractivity contribution in [3.05, 3.63) is 98.5 Å². The highest BCUT2D eigenvalue weighted by Gasteiger charge is 2.30. The number of unbranched alkanes of at least 4 members (excludes halogenated alkanes) is 1. The van der Waals surface area contributed by atoms with E-state index in [9.17, 15) is 9.59 Å². The van der Waals surface area contributed by atoms with Crippen LogP contribution < -0.4 is 10.1 Å². The first kappa shape index (κ1) is 28.7. The third kappa shape index (κ3) is 8.61. The molecule has 3 rings (SSSR count). The molecule has 0 radical (unpaired) electrons. The van der Waals surface area contributed by atoms with Crippen LogP contribution in [-0.2, 0) is 22.6 Å². The summed E-state index contributed by atoms with van der Waals surface area (Å²) in [6.45, 7) is 6.55. The van der Waals surface area contributed by atoms with Crippen LogP contribution in [0, 0.1) is 13.8 Å². The van der Waals surface area contributed by atoms with Gasteiger partial charge in [-0.25, -0.2) is 0 Å². The predicted octanol–water partition coefficient (Wildman–Crippen LogP) is 6.65. The van der Waals surface area contributed by atoms with Gasteiger partial charge in [-0.3, -0.25) is 9.59 Å². The molecule has 196 valence electrons. The van der Waals surface area contributed by atoms with Gasteiger partial charge in [0.1, 0.15) is 11.8 Å². The lowest BCUT2D eigenvalue weighted by atomic mass is 10.0. The van der Waals surface area contributed by atoms with Gasteiger partial charge in [-0.15, -0.1) is 0 Å². The molecule has 0 heterocycles. The quantitative estimate of drug-likeness (QED) is 0.242. The number of rotatable bonds is 12. The number of benzene rings is 3. The molecule has 0 aromatic heterocycles. The second-order valence-electron chi connectivity index (χ2n) is 9.16. The largest absolute Gasteiger partial charge is 0.484 e. The van der Waals surface area contributed by atoms with Gasteiger partial charge >= 0.3 is 0 Å². The van der Waals surface area contributed by atoms with Gasteiger partial charge in [0.05, 0.1) is 0 Å². The first-order valence-corrected chi connectivity index (χ1v) is 13.7. The second-order valence-corrected chi connectivity index (χ2v) is 10.5. The zero-order valence-electron chi connectivity index (χ0n) is 21.6. The Morgan fingerprint density at radius 3 is 2.27 bits per heavy atom. The molecule has 3 aromatic rings. The van der Waals surface area contributed by atoms with Crippen LogP contribution in [0.15, 0.2) is 71.2 Å². The molecule has 0 bridgehead atoms. The maximum Gasteiger partial charge on any atom is 0.261 e. The number of hydrogen-bond donors (Lipinski definition) is 1. The molecule has 0 saturated carbocycles. The molecule has 37 heavy (non-hydrogen) atoms. The topological polar surface area (TPSA) is 58.6 Å². The summed E-state index contributed by atoms with van der Waals surface area (Å²) in [5, 5.41) is 3.72. The number of aryl methyl sites for hydroxylation is 2. The van der Waals surface area contributed by atoms with Gasteiger partial charge < -0.3 is 15.0 Å².